The number of hydrogen-bond acceptors (Lipinski definition) is 6. The van der Waals surface area contributed by atoms with Gasteiger partial charge in [0.05, 0.1) is 28.6 Å². The van der Waals surface area contributed by atoms with Gasteiger partial charge in [0.25, 0.3) is 5.69 Å². The van der Waals surface area contributed by atoms with E-state index in [-0.39, 0.29) is 22.3 Å². The number of nitrogens with zero attached hydrogens (tertiary/aromatic N) is 3. The fourth-order valence-electron chi connectivity index (χ4n) is 2.79. The topological polar surface area (TPSA) is 107 Å². The lowest BCUT2D eigenvalue weighted by molar-refractivity contribution is -0.384. The summed E-state index contributed by atoms with van der Waals surface area (Å²) < 4.78 is 25.1. The Labute approximate surface area is 162 Å². The van der Waals surface area contributed by atoms with Gasteiger partial charge in [-0.3, -0.25) is 14.8 Å². The fraction of sp³-hybridized carbons (Fsp3) is 0.211. The first-order chi connectivity index (χ1) is 13.2. The maximum atomic E-state index is 11.7. The van der Waals surface area contributed by atoms with Gasteiger partial charge in [-0.25, -0.2) is 8.42 Å². The number of nitro benzene ring substituents is 1. The molecule has 0 spiro atoms. The zero-order chi connectivity index (χ0) is 20.3. The third-order valence-electron chi connectivity index (χ3n) is 4.31. The molecule has 1 heterocycles. The van der Waals surface area contributed by atoms with Crippen LogP contribution in [0.1, 0.15) is 24.1 Å². The molecule has 2 aromatic carbocycles. The predicted molar refractivity (Wildman–Crippen MR) is 106 cm³/mol. The molecule has 1 N–H and O–H groups in total. The standard InChI is InChI=1S/C19H20N4O4S/c1-14(16-11-20-22(13-16)12-15-6-4-3-5-7-15)21-18-9-8-17(28(2,26)27)10-19(18)23(24)25/h3-11,13-14,21H,12H2,1-2H3. The molecule has 3 rings (SSSR count). The van der Waals surface area contributed by atoms with E-state index >= 15 is 0 Å². The molecule has 0 saturated heterocycles. The molecule has 0 aliphatic carbocycles. The zero-order valence-electron chi connectivity index (χ0n) is 15.4. The molecule has 28 heavy (non-hydrogen) atoms. The third-order valence-corrected chi connectivity index (χ3v) is 5.42. The molecular formula is C19H20N4O4S. The van der Waals surface area contributed by atoms with Crippen LogP contribution in [-0.4, -0.2) is 29.4 Å². The monoisotopic (exact) mass is 400 g/mol. The van der Waals surface area contributed by atoms with Crippen molar-refractivity contribution in [2.75, 3.05) is 11.6 Å². The van der Waals surface area contributed by atoms with Crippen LogP contribution in [0.4, 0.5) is 11.4 Å². The van der Waals surface area contributed by atoms with E-state index in [1.807, 2.05) is 43.5 Å². The molecule has 0 saturated carbocycles. The summed E-state index contributed by atoms with van der Waals surface area (Å²) in [5, 5.41) is 18.8. The Kier molecular flexibility index (Phi) is 5.46. The lowest BCUT2D eigenvalue weighted by atomic mass is 10.1. The summed E-state index contributed by atoms with van der Waals surface area (Å²) in [6, 6.07) is 13.5. The maximum absolute atomic E-state index is 11.7. The number of aromatic nitrogens is 2. The minimum Gasteiger partial charge on any atom is -0.373 e. The zero-order valence-corrected chi connectivity index (χ0v) is 16.3. The number of nitrogens with one attached hydrogen (secondary N) is 1. The van der Waals surface area contributed by atoms with Crippen LogP contribution in [-0.2, 0) is 16.4 Å². The van der Waals surface area contributed by atoms with Crippen molar-refractivity contribution in [3.8, 4) is 0 Å². The van der Waals surface area contributed by atoms with Crippen molar-refractivity contribution in [2.24, 2.45) is 0 Å². The number of sulfone groups is 1. The normalized spacial score (nSPS) is 12.5. The fourth-order valence-corrected chi connectivity index (χ4v) is 3.43. The van der Waals surface area contributed by atoms with Crippen LogP contribution in [0.25, 0.3) is 0 Å². The van der Waals surface area contributed by atoms with Crippen LogP contribution in [0.5, 0.6) is 0 Å². The summed E-state index contributed by atoms with van der Waals surface area (Å²) in [6.45, 7) is 2.48. The van der Waals surface area contributed by atoms with E-state index in [0.29, 0.717) is 6.54 Å². The average Bonchev–Trinajstić information content (AvgIpc) is 3.10. The highest BCUT2D eigenvalue weighted by Crippen LogP contribution is 2.30. The number of benzene rings is 2. The second kappa shape index (κ2) is 7.81. The summed E-state index contributed by atoms with van der Waals surface area (Å²) in [5.41, 5.74) is 1.94. The molecular weight excluding hydrogens is 380 g/mol. The van der Waals surface area contributed by atoms with E-state index in [9.17, 15) is 18.5 Å². The number of rotatable bonds is 7. The lowest BCUT2D eigenvalue weighted by Crippen LogP contribution is -2.09. The van der Waals surface area contributed by atoms with Gasteiger partial charge in [0.15, 0.2) is 9.84 Å². The van der Waals surface area contributed by atoms with E-state index in [0.717, 1.165) is 23.4 Å². The Balaban J connectivity index is 1.79. The van der Waals surface area contributed by atoms with Crippen LogP contribution in [0.2, 0.25) is 0 Å². The molecule has 1 unspecified atom stereocenters. The molecule has 0 radical (unpaired) electrons. The smallest absolute Gasteiger partial charge is 0.293 e. The Bertz CT molecular complexity index is 1090. The summed E-state index contributed by atoms with van der Waals surface area (Å²) in [6.07, 6.45) is 4.60. The van der Waals surface area contributed by atoms with Gasteiger partial charge < -0.3 is 5.32 Å². The Morgan fingerprint density at radius 3 is 2.57 bits per heavy atom. The quantitative estimate of drug-likeness (QED) is 0.481. The second-order valence-corrected chi connectivity index (χ2v) is 8.55. The molecule has 1 atom stereocenters. The van der Waals surface area contributed by atoms with E-state index in [1.54, 1.807) is 10.9 Å². The first kappa shape index (κ1) is 19.6. The van der Waals surface area contributed by atoms with E-state index < -0.39 is 14.8 Å². The number of hydrogen-bond donors (Lipinski definition) is 1. The molecule has 3 aromatic rings. The Hall–Kier alpha value is -3.20. The van der Waals surface area contributed by atoms with Gasteiger partial charge in [0.2, 0.25) is 0 Å². The first-order valence-corrected chi connectivity index (χ1v) is 10.4. The SMILES string of the molecule is CC(Nc1ccc(S(C)(=O)=O)cc1[N+](=O)[O-])c1cnn(Cc2ccccc2)c1. The molecule has 1 aromatic heterocycles. The summed E-state index contributed by atoms with van der Waals surface area (Å²) >= 11 is 0. The van der Waals surface area contributed by atoms with Gasteiger partial charge in [-0.2, -0.15) is 5.10 Å². The van der Waals surface area contributed by atoms with E-state index in [4.69, 9.17) is 0 Å². The molecule has 0 aliphatic rings. The van der Waals surface area contributed by atoms with Crippen LogP contribution in [0.15, 0.2) is 65.8 Å². The van der Waals surface area contributed by atoms with Crippen molar-refractivity contribution in [1.29, 1.82) is 0 Å². The highest BCUT2D eigenvalue weighted by Gasteiger charge is 2.20. The minimum absolute atomic E-state index is 0.0897. The largest absolute Gasteiger partial charge is 0.373 e. The van der Waals surface area contributed by atoms with Gasteiger partial charge in [0, 0.05) is 24.1 Å². The highest BCUT2D eigenvalue weighted by atomic mass is 32.2. The Morgan fingerprint density at radius 2 is 1.93 bits per heavy atom. The van der Waals surface area contributed by atoms with Crippen LogP contribution in [0, 0.1) is 10.1 Å². The first-order valence-electron chi connectivity index (χ1n) is 8.55. The van der Waals surface area contributed by atoms with Crippen molar-refractivity contribution in [2.45, 2.75) is 24.4 Å². The summed E-state index contributed by atoms with van der Waals surface area (Å²) in [7, 11) is -3.53. The Morgan fingerprint density at radius 1 is 1.21 bits per heavy atom. The molecule has 0 amide bonds. The van der Waals surface area contributed by atoms with Crippen LogP contribution in [0.3, 0.4) is 0 Å². The molecule has 0 fully saturated rings. The highest BCUT2D eigenvalue weighted by molar-refractivity contribution is 7.90. The van der Waals surface area contributed by atoms with Crippen molar-refractivity contribution in [1.82, 2.24) is 9.78 Å². The van der Waals surface area contributed by atoms with Crippen molar-refractivity contribution in [3.05, 3.63) is 82.2 Å². The van der Waals surface area contributed by atoms with E-state index in [1.165, 1.54) is 12.1 Å². The van der Waals surface area contributed by atoms with E-state index in [2.05, 4.69) is 10.4 Å². The van der Waals surface area contributed by atoms with Crippen LogP contribution < -0.4 is 5.32 Å². The predicted octanol–water partition coefficient (Wildman–Crippen LogP) is 3.42. The third kappa shape index (κ3) is 4.55. The number of nitro groups is 1. The molecule has 146 valence electrons. The minimum atomic E-state index is -3.53. The van der Waals surface area contributed by atoms with Crippen LogP contribution >= 0.6 is 0 Å². The molecule has 0 bridgehead atoms. The summed E-state index contributed by atoms with van der Waals surface area (Å²) in [5.74, 6) is 0. The van der Waals surface area contributed by atoms with Crippen molar-refractivity contribution < 1.29 is 13.3 Å². The molecule has 9 heteroatoms. The van der Waals surface area contributed by atoms with Gasteiger partial charge in [-0.1, -0.05) is 30.3 Å². The molecule has 0 aliphatic heterocycles. The van der Waals surface area contributed by atoms with Gasteiger partial charge >= 0.3 is 0 Å². The van der Waals surface area contributed by atoms with Crippen molar-refractivity contribution >= 4 is 21.2 Å². The average molecular weight is 400 g/mol. The van der Waals surface area contributed by atoms with Gasteiger partial charge in [-0.05, 0) is 24.6 Å². The number of anilines is 1. The second-order valence-electron chi connectivity index (χ2n) is 6.53. The van der Waals surface area contributed by atoms with Crippen molar-refractivity contribution in [3.63, 3.8) is 0 Å². The maximum Gasteiger partial charge on any atom is 0.293 e. The van der Waals surface area contributed by atoms with Gasteiger partial charge in [-0.15, -0.1) is 0 Å². The lowest BCUT2D eigenvalue weighted by Gasteiger charge is -2.14. The van der Waals surface area contributed by atoms with Gasteiger partial charge in [0.1, 0.15) is 5.69 Å². The molecule has 8 nitrogen and oxygen atoms in total. The summed E-state index contributed by atoms with van der Waals surface area (Å²) in [4.78, 5) is 10.7.